The van der Waals surface area contributed by atoms with E-state index in [1.54, 1.807) is 0 Å². The van der Waals surface area contributed by atoms with Gasteiger partial charge in [0.05, 0.1) is 0 Å². The monoisotopic (exact) mass is 377 g/mol. The van der Waals surface area contributed by atoms with Crippen molar-refractivity contribution in [3.8, 4) is 0 Å². The average molecular weight is 377 g/mol. The summed E-state index contributed by atoms with van der Waals surface area (Å²) in [6.07, 6.45) is 7.33. The number of hydrogen-bond donors (Lipinski definition) is 0. The summed E-state index contributed by atoms with van der Waals surface area (Å²) in [6.45, 7) is 6.93. The molecule has 1 aromatic carbocycles. The number of unbranched alkanes of at least 4 members (excludes halogenated alkanes) is 2. The number of nitrogens with zero attached hydrogens (tertiary/aromatic N) is 1. The van der Waals surface area contributed by atoms with Crippen molar-refractivity contribution in [3.05, 3.63) is 29.8 Å². The molecule has 18 heavy (non-hydrogen) atoms. The van der Waals surface area contributed by atoms with Crippen LogP contribution in [0.4, 0.5) is 5.69 Å². The highest BCUT2D eigenvalue weighted by Crippen LogP contribution is 2.27. The summed E-state index contributed by atoms with van der Waals surface area (Å²) in [6, 6.07) is 9.20. The molecule has 0 aromatic heterocycles. The van der Waals surface area contributed by atoms with Crippen LogP contribution in [0.25, 0.3) is 0 Å². The van der Waals surface area contributed by atoms with Gasteiger partial charge in [-0.05, 0) is 36.7 Å². The van der Waals surface area contributed by atoms with Crippen molar-refractivity contribution in [2.75, 3.05) is 18.0 Å². The minimum atomic E-state index is 0.983. The molecule has 1 rings (SSSR count). The molecule has 0 saturated carbocycles. The van der Waals surface area contributed by atoms with E-state index in [4.69, 9.17) is 0 Å². The zero-order chi connectivity index (χ0) is 13.2. The lowest BCUT2D eigenvalue weighted by atomic mass is 10.2. The smallest absolute Gasteiger partial charge is 0.0366 e. The van der Waals surface area contributed by atoms with Gasteiger partial charge in [0.2, 0.25) is 0 Å². The summed E-state index contributed by atoms with van der Waals surface area (Å²) in [5.41, 5.74) is 2.87. The molecule has 0 aliphatic rings. The van der Waals surface area contributed by atoms with Gasteiger partial charge >= 0.3 is 0 Å². The number of benzene rings is 1. The average Bonchev–Trinajstić information content (AvgIpc) is 2.41. The van der Waals surface area contributed by atoms with Gasteiger partial charge in [-0.1, -0.05) is 67.1 Å². The molecule has 1 atom stereocenters. The van der Waals surface area contributed by atoms with Crippen molar-refractivity contribution < 1.29 is 0 Å². The third kappa shape index (κ3) is 5.88. The van der Waals surface area contributed by atoms with Crippen molar-refractivity contribution in [2.45, 2.75) is 45.7 Å². The molecular formula is C15H25INP. The lowest BCUT2D eigenvalue weighted by Gasteiger charge is -2.25. The Morgan fingerprint density at radius 1 is 1.00 bits per heavy atom. The fraction of sp³-hybridized carbons (Fsp3) is 0.600. The molecule has 0 aliphatic carbocycles. The molecule has 0 bridgehead atoms. The fourth-order valence-electron chi connectivity index (χ4n) is 1.97. The van der Waals surface area contributed by atoms with E-state index in [-0.39, 0.29) is 0 Å². The summed E-state index contributed by atoms with van der Waals surface area (Å²) in [7, 11) is 0. The minimum absolute atomic E-state index is 0.983. The first-order chi connectivity index (χ1) is 8.81. The van der Waals surface area contributed by atoms with Crippen molar-refractivity contribution in [2.24, 2.45) is 0 Å². The molecule has 1 aromatic rings. The Labute approximate surface area is 127 Å². The lowest BCUT2D eigenvalue weighted by Crippen LogP contribution is -2.25. The Hall–Kier alpha value is 0.180. The van der Waals surface area contributed by atoms with Gasteiger partial charge in [-0.15, -0.1) is 0 Å². The van der Waals surface area contributed by atoms with E-state index in [1.165, 1.54) is 56.2 Å². The first-order valence-corrected chi connectivity index (χ1v) is 11.3. The molecule has 0 amide bonds. The molecule has 0 heterocycles. The van der Waals surface area contributed by atoms with Crippen LogP contribution >= 0.6 is 28.3 Å². The van der Waals surface area contributed by atoms with Crippen LogP contribution in [0.3, 0.4) is 0 Å². The van der Waals surface area contributed by atoms with Crippen LogP contribution in [0.2, 0.25) is 0 Å². The molecule has 102 valence electrons. The molecule has 0 aliphatic heterocycles. The van der Waals surface area contributed by atoms with Crippen LogP contribution in [0.15, 0.2) is 24.3 Å². The van der Waals surface area contributed by atoms with Crippen molar-refractivity contribution in [1.29, 1.82) is 0 Å². The predicted molar refractivity (Wildman–Crippen MR) is 94.5 cm³/mol. The second-order valence-corrected chi connectivity index (χ2v) is 7.58. The van der Waals surface area contributed by atoms with Gasteiger partial charge in [-0.2, -0.15) is 0 Å². The van der Waals surface area contributed by atoms with E-state index in [9.17, 15) is 0 Å². The third-order valence-corrected chi connectivity index (χ3v) is 4.82. The van der Waals surface area contributed by atoms with Gasteiger partial charge in [0.1, 0.15) is 0 Å². The van der Waals surface area contributed by atoms with Crippen molar-refractivity contribution >= 4 is 34.0 Å². The molecule has 1 nitrogen and oxygen atoms in total. The van der Waals surface area contributed by atoms with E-state index in [0.29, 0.717) is 0 Å². The van der Waals surface area contributed by atoms with E-state index >= 15 is 0 Å². The number of rotatable bonds is 9. The standard InChI is InChI=1S/C15H25INP/c1-3-5-11-17(12-6-4-2)15-9-7-14(8-10-15)13-18-16/h7-10,18H,3-6,11-13H2,1-2H3. The normalized spacial score (nSPS) is 11.3. The van der Waals surface area contributed by atoms with Crippen LogP contribution < -0.4 is 4.90 Å². The largest absolute Gasteiger partial charge is 0.372 e. The van der Waals surface area contributed by atoms with Crippen molar-refractivity contribution in [3.63, 3.8) is 0 Å². The maximum absolute atomic E-state index is 2.54. The number of hydrogen-bond acceptors (Lipinski definition) is 1. The minimum Gasteiger partial charge on any atom is -0.372 e. The van der Waals surface area contributed by atoms with Gasteiger partial charge in [-0.25, -0.2) is 0 Å². The van der Waals surface area contributed by atoms with Crippen LogP contribution in [0.1, 0.15) is 45.1 Å². The third-order valence-electron chi connectivity index (χ3n) is 3.14. The molecule has 3 heteroatoms. The highest BCUT2D eigenvalue weighted by Gasteiger charge is 2.05. The summed E-state index contributed by atoms with van der Waals surface area (Å²) >= 11 is 2.47. The quantitative estimate of drug-likeness (QED) is 0.399. The summed E-state index contributed by atoms with van der Waals surface area (Å²) in [4.78, 5) is 2.54. The Bertz CT molecular complexity index is 305. The van der Waals surface area contributed by atoms with Gasteiger partial charge in [0, 0.05) is 18.8 Å². The lowest BCUT2D eigenvalue weighted by molar-refractivity contribution is 0.678. The number of halogens is 1. The van der Waals surface area contributed by atoms with Crippen LogP contribution in [-0.2, 0) is 6.16 Å². The van der Waals surface area contributed by atoms with Gasteiger partial charge < -0.3 is 4.90 Å². The van der Waals surface area contributed by atoms with E-state index in [0.717, 1.165) is 6.22 Å². The van der Waals surface area contributed by atoms with E-state index in [2.05, 4.69) is 65.1 Å². The van der Waals surface area contributed by atoms with Crippen LogP contribution in [-0.4, -0.2) is 13.1 Å². The second kappa shape index (κ2) is 10.0. The SMILES string of the molecule is CCCCN(CCCC)c1ccc(CPI)cc1. The number of anilines is 1. The molecule has 0 radical (unpaired) electrons. The first-order valence-electron chi connectivity index (χ1n) is 6.99. The zero-order valence-electron chi connectivity index (χ0n) is 11.6. The van der Waals surface area contributed by atoms with Gasteiger partial charge in [-0.3, -0.25) is 0 Å². The molecule has 0 fully saturated rings. The zero-order valence-corrected chi connectivity index (χ0v) is 14.7. The van der Waals surface area contributed by atoms with Crippen molar-refractivity contribution in [1.82, 2.24) is 0 Å². The Morgan fingerprint density at radius 3 is 2.00 bits per heavy atom. The maximum Gasteiger partial charge on any atom is 0.0366 e. The Morgan fingerprint density at radius 2 is 1.56 bits per heavy atom. The molecular weight excluding hydrogens is 352 g/mol. The Kier molecular flexibility index (Phi) is 9.04. The summed E-state index contributed by atoms with van der Waals surface area (Å²) in [5.74, 6) is 0. The fourth-order valence-corrected chi connectivity index (χ4v) is 3.68. The highest BCUT2D eigenvalue weighted by molar-refractivity contribution is 14.2. The van der Waals surface area contributed by atoms with Crippen LogP contribution in [0, 0.1) is 0 Å². The van der Waals surface area contributed by atoms with Gasteiger partial charge in [0.15, 0.2) is 0 Å². The van der Waals surface area contributed by atoms with E-state index in [1.807, 2.05) is 0 Å². The second-order valence-electron chi connectivity index (χ2n) is 4.67. The first kappa shape index (κ1) is 16.2. The molecule has 1 unspecified atom stereocenters. The molecule has 0 spiro atoms. The predicted octanol–water partition coefficient (Wildman–Crippen LogP) is 5.62. The summed E-state index contributed by atoms with van der Waals surface area (Å²) in [5, 5.41) is 0. The molecule has 0 saturated heterocycles. The van der Waals surface area contributed by atoms with Gasteiger partial charge in [0.25, 0.3) is 0 Å². The van der Waals surface area contributed by atoms with Crippen LogP contribution in [0.5, 0.6) is 0 Å². The Balaban J connectivity index is 2.64. The summed E-state index contributed by atoms with van der Waals surface area (Å²) < 4.78 is 0. The maximum atomic E-state index is 2.54. The van der Waals surface area contributed by atoms with E-state index < -0.39 is 0 Å². The topological polar surface area (TPSA) is 3.24 Å². The molecule has 0 N–H and O–H groups in total. The highest BCUT2D eigenvalue weighted by atomic mass is 127.